The molecule has 2 aromatic rings. The van der Waals surface area contributed by atoms with Crippen molar-refractivity contribution in [3.05, 3.63) is 70.8 Å². The molecule has 1 aliphatic rings. The lowest BCUT2D eigenvalue weighted by atomic mass is 9.78. The first-order valence-electron chi connectivity index (χ1n) is 7.22. The molecule has 0 amide bonds. The first-order chi connectivity index (χ1) is 9.83. The molecule has 0 spiro atoms. The van der Waals surface area contributed by atoms with Crippen LogP contribution >= 0.6 is 0 Å². The summed E-state index contributed by atoms with van der Waals surface area (Å²) in [4.78, 5) is 0. The summed E-state index contributed by atoms with van der Waals surface area (Å²) >= 11 is 0. The molecule has 0 saturated carbocycles. The highest BCUT2D eigenvalue weighted by molar-refractivity contribution is 6.06. The molecule has 1 aliphatic carbocycles. The maximum atomic E-state index is 9.48. The number of hydrogen-bond acceptors (Lipinski definition) is 2. The highest BCUT2D eigenvalue weighted by Gasteiger charge is 2.27. The Hall–Kier alpha value is -2.09. The quantitative estimate of drug-likeness (QED) is 0.642. The van der Waals surface area contributed by atoms with E-state index >= 15 is 0 Å². The highest BCUT2D eigenvalue weighted by atomic mass is 16.4. The molecule has 0 bridgehead atoms. The Balaban J connectivity index is 2.03. The second-order valence-electron chi connectivity index (χ2n) is 5.33. The monoisotopic (exact) mass is 265 g/mol. The molecule has 20 heavy (non-hydrogen) atoms. The first kappa shape index (κ1) is 12.9. The molecule has 0 aliphatic heterocycles. The lowest BCUT2D eigenvalue weighted by Crippen LogP contribution is -2.22. The van der Waals surface area contributed by atoms with Gasteiger partial charge >= 0.3 is 0 Å². The van der Waals surface area contributed by atoms with Crippen molar-refractivity contribution >= 4 is 5.71 Å². The Kier molecular flexibility index (Phi) is 3.55. The molecule has 2 aromatic carbocycles. The summed E-state index contributed by atoms with van der Waals surface area (Å²) in [6.45, 7) is 2.17. The van der Waals surface area contributed by atoms with Crippen LogP contribution < -0.4 is 0 Å². The Morgan fingerprint density at radius 2 is 1.95 bits per heavy atom. The van der Waals surface area contributed by atoms with Crippen LogP contribution in [0.25, 0.3) is 0 Å². The molecule has 0 heterocycles. The van der Waals surface area contributed by atoms with E-state index in [9.17, 15) is 5.21 Å². The van der Waals surface area contributed by atoms with Gasteiger partial charge in [0.15, 0.2) is 0 Å². The number of oxime groups is 1. The minimum absolute atomic E-state index is 0.196. The summed E-state index contributed by atoms with van der Waals surface area (Å²) in [7, 11) is 0. The normalized spacial score (nSPS) is 19.9. The summed E-state index contributed by atoms with van der Waals surface area (Å²) < 4.78 is 0. The number of aryl methyl sites for hydroxylation is 2. The van der Waals surface area contributed by atoms with Crippen LogP contribution in [0.2, 0.25) is 0 Å². The topological polar surface area (TPSA) is 32.6 Å². The zero-order chi connectivity index (χ0) is 13.9. The Morgan fingerprint density at radius 3 is 2.65 bits per heavy atom. The second kappa shape index (κ2) is 5.49. The standard InChI is InChI=1S/C18H19NO/c1-2-13-8-10-17-15(12-13)9-11-16(18(17)19-20)14-6-4-3-5-7-14/h3-8,10,12,16,20H,2,9,11H2,1H3/b19-18-/t16-/m0/s1. The van der Waals surface area contributed by atoms with E-state index in [-0.39, 0.29) is 5.92 Å². The minimum Gasteiger partial charge on any atom is -0.411 e. The van der Waals surface area contributed by atoms with E-state index in [1.54, 1.807) is 0 Å². The van der Waals surface area contributed by atoms with Crippen LogP contribution in [-0.4, -0.2) is 10.9 Å². The van der Waals surface area contributed by atoms with E-state index in [2.05, 4.69) is 42.4 Å². The van der Waals surface area contributed by atoms with Crippen LogP contribution in [0.15, 0.2) is 53.7 Å². The fourth-order valence-corrected chi connectivity index (χ4v) is 3.08. The Bertz CT molecular complexity index is 631. The fourth-order valence-electron chi connectivity index (χ4n) is 3.08. The molecule has 2 heteroatoms. The van der Waals surface area contributed by atoms with Gasteiger partial charge in [-0.25, -0.2) is 0 Å². The molecule has 1 atom stereocenters. The van der Waals surface area contributed by atoms with Crippen molar-refractivity contribution in [3.63, 3.8) is 0 Å². The van der Waals surface area contributed by atoms with Gasteiger partial charge in [-0.15, -0.1) is 0 Å². The van der Waals surface area contributed by atoms with E-state index in [1.807, 2.05) is 18.2 Å². The lowest BCUT2D eigenvalue weighted by molar-refractivity contribution is 0.316. The summed E-state index contributed by atoms with van der Waals surface area (Å²) in [6, 6.07) is 16.8. The van der Waals surface area contributed by atoms with Crippen LogP contribution in [-0.2, 0) is 12.8 Å². The van der Waals surface area contributed by atoms with Crippen LogP contribution in [0.5, 0.6) is 0 Å². The van der Waals surface area contributed by atoms with Crippen molar-refractivity contribution in [3.8, 4) is 0 Å². The Labute approximate surface area is 119 Å². The van der Waals surface area contributed by atoms with Gasteiger partial charge in [0.2, 0.25) is 0 Å². The molecule has 3 rings (SSSR count). The number of fused-ring (bicyclic) bond motifs is 1. The maximum absolute atomic E-state index is 9.48. The number of rotatable bonds is 2. The van der Waals surface area contributed by atoms with Crippen molar-refractivity contribution in [2.24, 2.45) is 5.16 Å². The number of benzene rings is 2. The van der Waals surface area contributed by atoms with Gasteiger partial charge in [-0.3, -0.25) is 0 Å². The van der Waals surface area contributed by atoms with E-state index < -0.39 is 0 Å². The molecule has 1 N–H and O–H groups in total. The van der Waals surface area contributed by atoms with E-state index in [1.165, 1.54) is 16.7 Å². The van der Waals surface area contributed by atoms with E-state index in [4.69, 9.17) is 0 Å². The summed E-state index contributed by atoms with van der Waals surface area (Å²) in [5.41, 5.74) is 5.79. The average molecular weight is 265 g/mol. The highest BCUT2D eigenvalue weighted by Crippen LogP contribution is 2.33. The van der Waals surface area contributed by atoms with Crippen LogP contribution in [0.3, 0.4) is 0 Å². The van der Waals surface area contributed by atoms with Gasteiger partial charge in [0, 0.05) is 11.5 Å². The van der Waals surface area contributed by atoms with Crippen LogP contribution in [0.1, 0.15) is 41.5 Å². The summed E-state index contributed by atoms with van der Waals surface area (Å²) in [6.07, 6.45) is 3.09. The fraction of sp³-hybridized carbons (Fsp3) is 0.278. The molecule has 0 fully saturated rings. The van der Waals surface area contributed by atoms with Crippen molar-refractivity contribution in [2.45, 2.75) is 32.1 Å². The third-order valence-corrected chi connectivity index (χ3v) is 4.20. The molecule has 0 radical (unpaired) electrons. The Morgan fingerprint density at radius 1 is 1.15 bits per heavy atom. The number of nitrogens with zero attached hydrogens (tertiary/aromatic N) is 1. The molecule has 102 valence electrons. The zero-order valence-corrected chi connectivity index (χ0v) is 11.7. The molecule has 2 nitrogen and oxygen atoms in total. The van der Waals surface area contributed by atoms with Gasteiger partial charge in [-0.05, 0) is 36.0 Å². The third kappa shape index (κ3) is 2.22. The molecule has 0 aromatic heterocycles. The zero-order valence-electron chi connectivity index (χ0n) is 11.7. The minimum atomic E-state index is 0.196. The van der Waals surface area contributed by atoms with Gasteiger partial charge in [0.05, 0.1) is 5.71 Å². The van der Waals surface area contributed by atoms with Crippen LogP contribution in [0, 0.1) is 0 Å². The maximum Gasteiger partial charge on any atom is 0.0945 e. The van der Waals surface area contributed by atoms with Crippen LogP contribution in [0.4, 0.5) is 0 Å². The van der Waals surface area contributed by atoms with Crippen molar-refractivity contribution in [2.75, 3.05) is 0 Å². The first-order valence-corrected chi connectivity index (χ1v) is 7.22. The van der Waals surface area contributed by atoms with Crippen molar-refractivity contribution in [1.29, 1.82) is 0 Å². The second-order valence-corrected chi connectivity index (χ2v) is 5.33. The molecule has 0 unspecified atom stereocenters. The van der Waals surface area contributed by atoms with Gasteiger partial charge in [-0.2, -0.15) is 0 Å². The van der Waals surface area contributed by atoms with Crippen molar-refractivity contribution in [1.82, 2.24) is 0 Å². The number of hydrogen-bond donors (Lipinski definition) is 1. The SMILES string of the molecule is CCc1ccc2c(c1)CC[C@@H](c1ccccc1)/C2=N/O. The van der Waals surface area contributed by atoms with Gasteiger partial charge in [0.25, 0.3) is 0 Å². The van der Waals surface area contributed by atoms with E-state index in [0.717, 1.165) is 30.5 Å². The lowest BCUT2D eigenvalue weighted by Gasteiger charge is -2.26. The van der Waals surface area contributed by atoms with Crippen molar-refractivity contribution < 1.29 is 5.21 Å². The predicted octanol–water partition coefficient (Wildman–Crippen LogP) is 4.16. The summed E-state index contributed by atoms with van der Waals surface area (Å²) in [5.74, 6) is 0.196. The van der Waals surface area contributed by atoms with Gasteiger partial charge in [-0.1, -0.05) is 60.6 Å². The largest absolute Gasteiger partial charge is 0.411 e. The average Bonchev–Trinajstić information content (AvgIpc) is 2.53. The summed E-state index contributed by atoms with van der Waals surface area (Å²) in [5, 5.41) is 13.1. The molecular formula is C18H19NO. The predicted molar refractivity (Wildman–Crippen MR) is 81.6 cm³/mol. The third-order valence-electron chi connectivity index (χ3n) is 4.20. The van der Waals surface area contributed by atoms with E-state index in [0.29, 0.717) is 0 Å². The smallest absolute Gasteiger partial charge is 0.0945 e. The van der Waals surface area contributed by atoms with Gasteiger partial charge in [0.1, 0.15) is 0 Å². The molecular weight excluding hydrogens is 246 g/mol. The molecule has 0 saturated heterocycles. The van der Waals surface area contributed by atoms with Gasteiger partial charge < -0.3 is 5.21 Å².